The van der Waals surface area contributed by atoms with Crippen molar-refractivity contribution >= 4 is 16.9 Å². The van der Waals surface area contributed by atoms with E-state index in [4.69, 9.17) is 9.84 Å². The van der Waals surface area contributed by atoms with Crippen LogP contribution in [0.3, 0.4) is 0 Å². The van der Waals surface area contributed by atoms with Gasteiger partial charge in [0, 0.05) is 24.5 Å². The van der Waals surface area contributed by atoms with Crippen molar-refractivity contribution in [2.75, 3.05) is 13.1 Å². The van der Waals surface area contributed by atoms with Gasteiger partial charge in [0.15, 0.2) is 0 Å². The molecule has 0 unspecified atom stereocenters. The number of carboxylic acids is 1. The van der Waals surface area contributed by atoms with Gasteiger partial charge in [0.05, 0.1) is 18.3 Å². The largest absolute Gasteiger partial charge is 0.489 e. The number of aromatic nitrogens is 2. The fraction of sp³-hybridized carbons (Fsp3) is 0.391. The van der Waals surface area contributed by atoms with E-state index in [9.17, 15) is 4.79 Å². The predicted octanol–water partition coefficient (Wildman–Crippen LogP) is 3.95. The van der Waals surface area contributed by atoms with Crippen LogP contribution < -0.4 is 4.74 Å². The minimum absolute atomic E-state index is 0.0899. The molecule has 0 fully saturated rings. The molecule has 0 spiro atoms. The number of nitrogens with zero attached hydrogens (tertiary/aromatic N) is 3. The van der Waals surface area contributed by atoms with Crippen molar-refractivity contribution in [2.45, 2.75) is 46.4 Å². The Morgan fingerprint density at radius 3 is 2.86 bits per heavy atom. The molecule has 6 heteroatoms. The van der Waals surface area contributed by atoms with Gasteiger partial charge in [-0.2, -0.15) is 5.10 Å². The third kappa shape index (κ3) is 3.98. The van der Waals surface area contributed by atoms with E-state index in [2.05, 4.69) is 50.1 Å². The van der Waals surface area contributed by atoms with Crippen LogP contribution in [0.2, 0.25) is 0 Å². The topological polar surface area (TPSA) is 67.6 Å². The zero-order chi connectivity index (χ0) is 20.5. The number of carbonyl (C=O) groups is 1. The highest BCUT2D eigenvalue weighted by atomic mass is 16.5. The van der Waals surface area contributed by atoms with E-state index in [1.54, 1.807) is 0 Å². The second kappa shape index (κ2) is 7.87. The third-order valence-corrected chi connectivity index (χ3v) is 5.62. The SMILES string of the molecule is Cc1c(OCc2ccc3c(cnn3C(C)C)c2)ccc2c1CCN(CC(=O)O)C2. The quantitative estimate of drug-likeness (QED) is 0.687. The Morgan fingerprint density at radius 2 is 2.10 bits per heavy atom. The van der Waals surface area contributed by atoms with Crippen molar-refractivity contribution in [1.82, 2.24) is 14.7 Å². The maximum Gasteiger partial charge on any atom is 0.317 e. The monoisotopic (exact) mass is 393 g/mol. The van der Waals surface area contributed by atoms with E-state index < -0.39 is 5.97 Å². The molecule has 3 aromatic rings. The molecule has 1 aromatic heterocycles. The molecule has 2 heterocycles. The van der Waals surface area contributed by atoms with Crippen LogP contribution in [0, 0.1) is 6.92 Å². The maximum absolute atomic E-state index is 11.0. The Kier molecular flexibility index (Phi) is 5.28. The minimum Gasteiger partial charge on any atom is -0.489 e. The first-order chi connectivity index (χ1) is 13.9. The van der Waals surface area contributed by atoms with E-state index >= 15 is 0 Å². The molecule has 152 valence electrons. The van der Waals surface area contributed by atoms with E-state index in [1.165, 1.54) is 11.1 Å². The Morgan fingerprint density at radius 1 is 1.28 bits per heavy atom. The van der Waals surface area contributed by atoms with Gasteiger partial charge in [-0.3, -0.25) is 14.4 Å². The molecule has 1 N–H and O–H groups in total. The average Bonchev–Trinajstić information content (AvgIpc) is 3.10. The normalized spacial score (nSPS) is 14.3. The summed E-state index contributed by atoms with van der Waals surface area (Å²) in [6.07, 6.45) is 2.76. The summed E-state index contributed by atoms with van der Waals surface area (Å²) >= 11 is 0. The first kappa shape index (κ1) is 19.5. The number of carboxylic acid groups (broad SMARTS) is 1. The van der Waals surface area contributed by atoms with Crippen LogP contribution in [-0.4, -0.2) is 38.8 Å². The van der Waals surface area contributed by atoms with Gasteiger partial charge in [0.1, 0.15) is 12.4 Å². The van der Waals surface area contributed by atoms with Crippen LogP contribution >= 0.6 is 0 Å². The highest BCUT2D eigenvalue weighted by molar-refractivity contribution is 5.79. The summed E-state index contributed by atoms with van der Waals surface area (Å²) in [5.41, 5.74) is 5.90. The van der Waals surface area contributed by atoms with Crippen molar-refractivity contribution in [3.05, 3.63) is 58.8 Å². The third-order valence-electron chi connectivity index (χ3n) is 5.62. The highest BCUT2D eigenvalue weighted by Crippen LogP contribution is 2.30. The summed E-state index contributed by atoms with van der Waals surface area (Å²) in [6.45, 7) is 8.39. The molecule has 1 aliphatic heterocycles. The zero-order valence-electron chi connectivity index (χ0n) is 17.2. The molecule has 4 rings (SSSR count). The predicted molar refractivity (Wildman–Crippen MR) is 112 cm³/mol. The van der Waals surface area contributed by atoms with Crippen LogP contribution in [0.25, 0.3) is 10.9 Å². The fourth-order valence-corrected chi connectivity index (χ4v) is 4.13. The lowest BCUT2D eigenvalue weighted by molar-refractivity contribution is -0.138. The number of rotatable bonds is 6. The van der Waals surface area contributed by atoms with Crippen LogP contribution in [0.1, 0.15) is 42.1 Å². The number of hydrogen-bond donors (Lipinski definition) is 1. The van der Waals surface area contributed by atoms with Gasteiger partial charge < -0.3 is 9.84 Å². The number of benzene rings is 2. The van der Waals surface area contributed by atoms with Crippen molar-refractivity contribution in [3.63, 3.8) is 0 Å². The summed E-state index contributed by atoms with van der Waals surface area (Å²) in [5, 5.41) is 14.6. The van der Waals surface area contributed by atoms with Gasteiger partial charge >= 0.3 is 5.97 Å². The molecule has 1 aliphatic rings. The Hall–Kier alpha value is -2.86. The van der Waals surface area contributed by atoms with Crippen LogP contribution in [-0.2, 0) is 24.4 Å². The van der Waals surface area contributed by atoms with Gasteiger partial charge in [0.25, 0.3) is 0 Å². The van der Waals surface area contributed by atoms with Gasteiger partial charge in [-0.25, -0.2) is 0 Å². The summed E-state index contributed by atoms with van der Waals surface area (Å²) < 4.78 is 8.18. The van der Waals surface area contributed by atoms with Crippen molar-refractivity contribution in [3.8, 4) is 5.75 Å². The van der Waals surface area contributed by atoms with Gasteiger partial charge in [-0.15, -0.1) is 0 Å². The molecular weight excluding hydrogens is 366 g/mol. The summed E-state index contributed by atoms with van der Waals surface area (Å²) in [5.74, 6) is 0.120. The molecule has 0 aliphatic carbocycles. The van der Waals surface area contributed by atoms with E-state index in [-0.39, 0.29) is 6.54 Å². The minimum atomic E-state index is -0.777. The van der Waals surface area contributed by atoms with Gasteiger partial charge in [0.2, 0.25) is 0 Å². The molecule has 6 nitrogen and oxygen atoms in total. The summed E-state index contributed by atoms with van der Waals surface area (Å²) in [7, 11) is 0. The Balaban J connectivity index is 1.48. The van der Waals surface area contributed by atoms with Gasteiger partial charge in [-0.1, -0.05) is 12.1 Å². The molecule has 0 saturated carbocycles. The Labute approximate surface area is 170 Å². The molecule has 0 bridgehead atoms. The van der Waals surface area contributed by atoms with Crippen LogP contribution in [0.5, 0.6) is 5.75 Å². The lowest BCUT2D eigenvalue weighted by atomic mass is 9.94. The second-order valence-electron chi connectivity index (χ2n) is 8.05. The highest BCUT2D eigenvalue weighted by Gasteiger charge is 2.21. The smallest absolute Gasteiger partial charge is 0.317 e. The van der Waals surface area contributed by atoms with Crippen molar-refractivity contribution in [1.29, 1.82) is 0 Å². The number of fused-ring (bicyclic) bond motifs is 2. The molecule has 0 saturated heterocycles. The van der Waals surface area contributed by atoms with Crippen molar-refractivity contribution in [2.24, 2.45) is 0 Å². The Bertz CT molecular complexity index is 1050. The fourth-order valence-electron chi connectivity index (χ4n) is 4.13. The molecule has 0 radical (unpaired) electrons. The average molecular weight is 393 g/mol. The zero-order valence-corrected chi connectivity index (χ0v) is 17.2. The van der Waals surface area contributed by atoms with Crippen LogP contribution in [0.15, 0.2) is 36.5 Å². The second-order valence-corrected chi connectivity index (χ2v) is 8.05. The molecule has 0 amide bonds. The maximum atomic E-state index is 11.0. The molecule has 0 atom stereocenters. The number of hydrogen-bond acceptors (Lipinski definition) is 4. The van der Waals surface area contributed by atoms with Crippen molar-refractivity contribution < 1.29 is 14.6 Å². The van der Waals surface area contributed by atoms with Crippen LogP contribution in [0.4, 0.5) is 0 Å². The van der Waals surface area contributed by atoms with E-state index in [0.29, 0.717) is 19.2 Å². The lowest BCUT2D eigenvalue weighted by Gasteiger charge is -2.29. The lowest BCUT2D eigenvalue weighted by Crippen LogP contribution is -2.35. The standard InChI is InChI=1S/C23H27N3O3/c1-15(2)26-21-6-4-17(10-19(21)11-24-26)14-29-22-7-5-18-12-25(13-23(27)28)9-8-20(18)16(22)3/h4-7,10-11,15H,8-9,12-14H2,1-3H3,(H,27,28). The molecule has 2 aromatic carbocycles. The van der Waals surface area contributed by atoms with E-state index in [0.717, 1.165) is 40.7 Å². The first-order valence-corrected chi connectivity index (χ1v) is 10.1. The molecule has 29 heavy (non-hydrogen) atoms. The molecular formula is C23H27N3O3. The van der Waals surface area contributed by atoms with E-state index in [1.807, 2.05) is 21.8 Å². The first-order valence-electron chi connectivity index (χ1n) is 10.1. The summed E-state index contributed by atoms with van der Waals surface area (Å²) in [6, 6.07) is 10.8. The number of ether oxygens (including phenoxy) is 1. The van der Waals surface area contributed by atoms with Gasteiger partial charge in [-0.05, 0) is 67.6 Å². The number of aliphatic carboxylic acids is 1. The summed E-state index contributed by atoms with van der Waals surface area (Å²) in [4.78, 5) is 12.9.